The van der Waals surface area contributed by atoms with E-state index in [0.717, 1.165) is 0 Å². The summed E-state index contributed by atoms with van der Waals surface area (Å²) in [7, 11) is -5.04. The maximum Gasteiger partial charge on any atom is 0.284 e. The van der Waals surface area contributed by atoms with Crippen molar-refractivity contribution >= 4 is 27.2 Å². The fourth-order valence-corrected chi connectivity index (χ4v) is 3.05. The summed E-state index contributed by atoms with van der Waals surface area (Å²) in [5.41, 5.74) is -1.16. The second-order valence-electron chi connectivity index (χ2n) is 4.61. The Balaban J connectivity index is 2.86. The van der Waals surface area contributed by atoms with Gasteiger partial charge in [-0.25, -0.2) is 0 Å². The maximum atomic E-state index is 10.5. The van der Waals surface area contributed by atoms with Gasteiger partial charge in [-0.05, 0) is 6.42 Å². The smallest absolute Gasteiger partial charge is 0.284 e. The molecule has 1 fully saturated rings. The first kappa shape index (κ1) is 20.3. The summed E-state index contributed by atoms with van der Waals surface area (Å²) >= 11 is 0.699. The van der Waals surface area contributed by atoms with Crippen molar-refractivity contribution in [2.75, 3.05) is 6.61 Å². The highest BCUT2D eigenvalue weighted by atomic mass is 32.3. The Morgan fingerprint density at radius 3 is 2.52 bits per heavy atom. The second kappa shape index (κ2) is 8.94. The van der Waals surface area contributed by atoms with E-state index in [1.807, 2.05) is 0 Å². The van der Waals surface area contributed by atoms with Crippen molar-refractivity contribution in [1.29, 1.82) is 0 Å². The standard InChI is InChI=1S/C11H19NO9S2/c1-2-3-4-7(12-21-23(17,18)19)22-11-10(16)9(15)8(14)6(5-13)20-11/h2,6,8-11,13-16H,1,3-5H2,(H,17,18,19)/p-1/b12-7-/t6-,8-,9+,10-,11+/m1/s1. The molecule has 23 heavy (non-hydrogen) atoms. The quantitative estimate of drug-likeness (QED) is 0.101. The van der Waals surface area contributed by atoms with Crippen LogP contribution >= 0.6 is 11.8 Å². The number of nitrogens with zero attached hydrogens (tertiary/aromatic N) is 1. The fraction of sp³-hybridized carbons (Fsp3) is 0.727. The highest BCUT2D eigenvalue weighted by Crippen LogP contribution is 2.30. The van der Waals surface area contributed by atoms with Gasteiger partial charge in [0, 0.05) is 6.42 Å². The predicted octanol–water partition coefficient (Wildman–Crippen LogP) is -1.72. The molecule has 0 bridgehead atoms. The van der Waals surface area contributed by atoms with E-state index < -0.39 is 46.9 Å². The minimum atomic E-state index is -5.04. The van der Waals surface area contributed by atoms with Gasteiger partial charge in [0.05, 0.1) is 6.61 Å². The van der Waals surface area contributed by atoms with Crippen LogP contribution in [0.15, 0.2) is 17.8 Å². The van der Waals surface area contributed by atoms with Gasteiger partial charge in [0.25, 0.3) is 10.4 Å². The first-order chi connectivity index (χ1) is 10.7. The van der Waals surface area contributed by atoms with E-state index in [0.29, 0.717) is 18.2 Å². The SMILES string of the molecule is C=CCC/C(=N/OS(=O)(=O)[O-])S[C@@H]1O[C@H](CO)[C@@H](O)[C@H](O)[C@H]1O. The van der Waals surface area contributed by atoms with Crippen LogP contribution < -0.4 is 0 Å². The molecule has 0 aromatic rings. The van der Waals surface area contributed by atoms with Gasteiger partial charge in [0.1, 0.15) is 34.9 Å². The van der Waals surface area contributed by atoms with E-state index in [1.165, 1.54) is 6.08 Å². The van der Waals surface area contributed by atoms with Crippen molar-refractivity contribution < 1.29 is 42.4 Å². The molecule has 12 heteroatoms. The van der Waals surface area contributed by atoms with Crippen LogP contribution in [0.1, 0.15) is 12.8 Å². The largest absolute Gasteiger partial charge is 0.714 e. The minimum absolute atomic E-state index is 0.00588. The van der Waals surface area contributed by atoms with E-state index in [9.17, 15) is 28.3 Å². The van der Waals surface area contributed by atoms with Crippen LogP contribution in [0.2, 0.25) is 0 Å². The lowest BCUT2D eigenvalue weighted by atomic mass is 10.0. The molecule has 1 rings (SSSR count). The monoisotopic (exact) mass is 372 g/mol. The van der Waals surface area contributed by atoms with Crippen LogP contribution in [-0.4, -0.2) is 74.9 Å². The third-order valence-electron chi connectivity index (χ3n) is 2.89. The Morgan fingerprint density at radius 2 is 2.00 bits per heavy atom. The van der Waals surface area contributed by atoms with Gasteiger partial charge in [-0.15, -0.1) is 6.58 Å². The summed E-state index contributed by atoms with van der Waals surface area (Å²) in [4.78, 5) is 0. The summed E-state index contributed by atoms with van der Waals surface area (Å²) in [6, 6.07) is 0. The van der Waals surface area contributed by atoms with E-state index in [-0.39, 0.29) is 11.5 Å². The molecule has 0 aliphatic carbocycles. The Hall–Kier alpha value is -0.730. The molecular formula is C11H18NO9S2-. The third kappa shape index (κ3) is 6.35. The molecular weight excluding hydrogens is 354 g/mol. The summed E-state index contributed by atoms with van der Waals surface area (Å²) in [6.45, 7) is 2.87. The summed E-state index contributed by atoms with van der Waals surface area (Å²) in [5.74, 6) is 0. The van der Waals surface area contributed by atoms with Crippen molar-refractivity contribution in [3.8, 4) is 0 Å². The molecule has 0 unspecified atom stereocenters. The molecule has 5 atom stereocenters. The summed E-state index contributed by atoms with van der Waals surface area (Å²) < 4.78 is 40.4. The van der Waals surface area contributed by atoms with E-state index >= 15 is 0 Å². The van der Waals surface area contributed by atoms with Crippen LogP contribution in [0.25, 0.3) is 0 Å². The molecule has 0 saturated carbocycles. The zero-order valence-corrected chi connectivity index (χ0v) is 13.5. The van der Waals surface area contributed by atoms with Crippen molar-refractivity contribution in [2.24, 2.45) is 5.16 Å². The minimum Gasteiger partial charge on any atom is -0.714 e. The lowest BCUT2D eigenvalue weighted by Gasteiger charge is -2.39. The molecule has 10 nitrogen and oxygen atoms in total. The highest BCUT2D eigenvalue weighted by molar-refractivity contribution is 8.14. The molecule has 0 spiro atoms. The summed E-state index contributed by atoms with van der Waals surface area (Å²) in [6.07, 6.45) is -3.73. The predicted molar refractivity (Wildman–Crippen MR) is 79.0 cm³/mol. The molecule has 1 aliphatic rings. The summed E-state index contributed by atoms with van der Waals surface area (Å²) in [5, 5.41) is 41.5. The Kier molecular flexibility index (Phi) is 7.89. The molecule has 1 saturated heterocycles. The first-order valence-corrected chi connectivity index (χ1v) is 8.70. The molecule has 0 amide bonds. The van der Waals surface area contributed by atoms with Gasteiger partial charge < -0.3 is 29.7 Å². The van der Waals surface area contributed by atoms with Crippen molar-refractivity contribution in [3.63, 3.8) is 0 Å². The van der Waals surface area contributed by atoms with Crippen molar-refractivity contribution in [1.82, 2.24) is 0 Å². The van der Waals surface area contributed by atoms with Crippen LogP contribution in [0.4, 0.5) is 0 Å². The fourth-order valence-electron chi connectivity index (χ4n) is 1.74. The molecule has 0 aromatic heterocycles. The average molecular weight is 372 g/mol. The number of hydrogen-bond donors (Lipinski definition) is 4. The first-order valence-electron chi connectivity index (χ1n) is 6.49. The molecule has 134 valence electrons. The molecule has 4 N–H and O–H groups in total. The Bertz CT molecular complexity index is 522. The lowest BCUT2D eigenvalue weighted by molar-refractivity contribution is -0.205. The van der Waals surface area contributed by atoms with Crippen LogP contribution in [0.5, 0.6) is 0 Å². The van der Waals surface area contributed by atoms with Gasteiger partial charge in [-0.2, -0.15) is 8.42 Å². The van der Waals surface area contributed by atoms with Gasteiger partial charge in [-0.1, -0.05) is 23.0 Å². The van der Waals surface area contributed by atoms with E-state index in [1.54, 1.807) is 0 Å². The van der Waals surface area contributed by atoms with Crippen molar-refractivity contribution in [2.45, 2.75) is 42.7 Å². The lowest BCUT2D eigenvalue weighted by Crippen LogP contribution is -2.57. The highest BCUT2D eigenvalue weighted by Gasteiger charge is 2.44. The van der Waals surface area contributed by atoms with Gasteiger partial charge in [0.2, 0.25) is 0 Å². The molecule has 0 radical (unpaired) electrons. The molecule has 0 aromatic carbocycles. The number of thioether (sulfide) groups is 1. The maximum absolute atomic E-state index is 10.5. The number of rotatable bonds is 7. The Morgan fingerprint density at radius 1 is 1.35 bits per heavy atom. The number of oxime groups is 1. The van der Waals surface area contributed by atoms with Crippen molar-refractivity contribution in [3.05, 3.63) is 12.7 Å². The topological polar surface area (TPSA) is 169 Å². The number of allylic oxidation sites excluding steroid dienone is 1. The van der Waals surface area contributed by atoms with Crippen LogP contribution in [-0.2, 0) is 19.4 Å². The van der Waals surface area contributed by atoms with E-state index in [4.69, 9.17) is 9.84 Å². The molecule has 1 heterocycles. The normalized spacial score (nSPS) is 32.6. The average Bonchev–Trinajstić information content (AvgIpc) is 2.49. The zero-order chi connectivity index (χ0) is 17.6. The van der Waals surface area contributed by atoms with Gasteiger partial charge >= 0.3 is 0 Å². The molecule has 1 aliphatic heterocycles. The second-order valence-corrected chi connectivity index (χ2v) is 6.75. The van der Waals surface area contributed by atoms with E-state index in [2.05, 4.69) is 16.0 Å². The van der Waals surface area contributed by atoms with Gasteiger partial charge in [0.15, 0.2) is 0 Å². The number of aliphatic hydroxyl groups excluding tert-OH is 4. The number of ether oxygens (including phenoxy) is 1. The number of hydrogen-bond acceptors (Lipinski definition) is 11. The van der Waals surface area contributed by atoms with Crippen LogP contribution in [0, 0.1) is 0 Å². The zero-order valence-electron chi connectivity index (χ0n) is 11.9. The van der Waals surface area contributed by atoms with Gasteiger partial charge in [-0.3, -0.25) is 4.28 Å². The van der Waals surface area contributed by atoms with Crippen LogP contribution in [0.3, 0.4) is 0 Å². The number of aliphatic hydroxyl groups is 4. The third-order valence-corrected chi connectivity index (χ3v) is 4.32. The Labute approximate surface area is 137 Å².